The van der Waals surface area contributed by atoms with Gasteiger partial charge in [-0.25, -0.2) is 0 Å². The first kappa shape index (κ1) is 14.8. The Balaban J connectivity index is 1.62. The fraction of sp³-hybridized carbons (Fsp3) is 0.444. The van der Waals surface area contributed by atoms with Crippen molar-refractivity contribution >= 4 is 0 Å². The zero-order chi connectivity index (χ0) is 15.7. The number of rotatable bonds is 4. The summed E-state index contributed by atoms with van der Waals surface area (Å²) in [6.45, 7) is 7.39. The Hall–Kier alpha value is -2.10. The molecule has 0 saturated heterocycles. The molecule has 0 aliphatic carbocycles. The van der Waals surface area contributed by atoms with Crippen LogP contribution < -0.4 is 10.3 Å². The maximum Gasteiger partial charge on any atom is 0.300 e. The molecule has 1 aliphatic heterocycles. The van der Waals surface area contributed by atoms with Gasteiger partial charge in [0.15, 0.2) is 0 Å². The minimum Gasteiger partial charge on any atom is -0.459 e. The Morgan fingerprint density at radius 1 is 1.36 bits per heavy atom. The van der Waals surface area contributed by atoms with E-state index in [0.29, 0.717) is 11.9 Å². The van der Waals surface area contributed by atoms with Crippen LogP contribution in [0.3, 0.4) is 0 Å². The van der Waals surface area contributed by atoms with Gasteiger partial charge in [0.05, 0.1) is 6.54 Å². The van der Waals surface area contributed by atoms with Crippen molar-refractivity contribution in [3.8, 4) is 6.01 Å². The molecule has 3 rings (SSSR count). The highest BCUT2D eigenvalue weighted by molar-refractivity contribution is 5.33. The summed E-state index contributed by atoms with van der Waals surface area (Å²) in [5.41, 5.74) is 3.86. The summed E-state index contributed by atoms with van der Waals surface area (Å²) < 4.78 is 7.66. The Bertz CT molecular complexity index is 734. The lowest BCUT2D eigenvalue weighted by molar-refractivity contribution is 0.214. The number of nitrogens with zero attached hydrogens (tertiary/aromatic N) is 2. The third kappa shape index (κ3) is 3.06. The van der Waals surface area contributed by atoms with Gasteiger partial charge in [-0.3, -0.25) is 9.36 Å². The van der Waals surface area contributed by atoms with Crippen LogP contribution in [0.5, 0.6) is 6.01 Å². The molecular weight excluding hydrogens is 276 g/mol. The number of benzene rings is 1. The van der Waals surface area contributed by atoms with E-state index in [0.717, 1.165) is 19.4 Å². The molecule has 1 unspecified atom stereocenters. The van der Waals surface area contributed by atoms with Gasteiger partial charge >= 0.3 is 0 Å². The topological polar surface area (TPSA) is 44.1 Å². The number of hydrogen-bond acceptors (Lipinski definition) is 3. The highest BCUT2D eigenvalue weighted by Crippen LogP contribution is 2.23. The fourth-order valence-corrected chi connectivity index (χ4v) is 3.07. The van der Waals surface area contributed by atoms with Gasteiger partial charge in [0.2, 0.25) is 0 Å². The van der Waals surface area contributed by atoms with E-state index in [4.69, 9.17) is 4.74 Å². The van der Waals surface area contributed by atoms with E-state index >= 15 is 0 Å². The van der Waals surface area contributed by atoms with E-state index in [-0.39, 0.29) is 11.7 Å². The van der Waals surface area contributed by atoms with Crippen LogP contribution in [-0.2, 0) is 13.0 Å². The van der Waals surface area contributed by atoms with Crippen molar-refractivity contribution in [2.24, 2.45) is 0 Å². The summed E-state index contributed by atoms with van der Waals surface area (Å²) in [5, 5.41) is 0. The maximum atomic E-state index is 11.2. The van der Waals surface area contributed by atoms with E-state index in [1.54, 1.807) is 6.20 Å². The zero-order valence-electron chi connectivity index (χ0n) is 13.4. The lowest BCUT2D eigenvalue weighted by atomic mass is 9.94. The van der Waals surface area contributed by atoms with Gasteiger partial charge in [-0.1, -0.05) is 32.0 Å². The minimum absolute atomic E-state index is 0.0966. The molecule has 0 radical (unpaired) electrons. The second kappa shape index (κ2) is 5.95. The molecule has 1 atom stereocenters. The predicted octanol–water partition coefficient (Wildman–Crippen LogP) is 3.07. The Labute approximate surface area is 130 Å². The smallest absolute Gasteiger partial charge is 0.300 e. The predicted molar refractivity (Wildman–Crippen MR) is 86.5 cm³/mol. The van der Waals surface area contributed by atoms with Crippen LogP contribution >= 0.6 is 0 Å². The van der Waals surface area contributed by atoms with Gasteiger partial charge in [-0.2, -0.15) is 4.98 Å². The Kier molecular flexibility index (Phi) is 4.01. The molecule has 0 saturated carbocycles. The molecule has 1 aromatic carbocycles. The summed E-state index contributed by atoms with van der Waals surface area (Å²) in [7, 11) is 0. The van der Waals surface area contributed by atoms with E-state index in [9.17, 15) is 4.79 Å². The second-order valence-corrected chi connectivity index (χ2v) is 6.32. The first-order valence-electron chi connectivity index (χ1n) is 7.86. The van der Waals surface area contributed by atoms with Crippen LogP contribution in [0.25, 0.3) is 0 Å². The highest BCUT2D eigenvalue weighted by Gasteiger charge is 2.22. The van der Waals surface area contributed by atoms with Gasteiger partial charge < -0.3 is 4.74 Å². The average Bonchev–Trinajstić information content (AvgIpc) is 2.86. The molecule has 2 aromatic rings. The summed E-state index contributed by atoms with van der Waals surface area (Å²) in [6, 6.07) is 8.65. The van der Waals surface area contributed by atoms with Crippen molar-refractivity contribution in [1.29, 1.82) is 0 Å². The summed E-state index contributed by atoms with van der Waals surface area (Å²) >= 11 is 0. The largest absolute Gasteiger partial charge is 0.459 e. The van der Waals surface area contributed by atoms with E-state index < -0.39 is 0 Å². The summed E-state index contributed by atoms with van der Waals surface area (Å²) in [6.07, 6.45) is 3.76. The van der Waals surface area contributed by atoms with Crippen molar-refractivity contribution in [3.63, 3.8) is 0 Å². The average molecular weight is 298 g/mol. The number of ether oxygens (including phenoxy) is 1. The molecule has 0 amide bonds. The van der Waals surface area contributed by atoms with E-state index in [1.807, 2.05) is 4.57 Å². The molecular formula is C18H22N2O2. The minimum atomic E-state index is -0.244. The van der Waals surface area contributed by atoms with Gasteiger partial charge in [0.1, 0.15) is 6.10 Å². The van der Waals surface area contributed by atoms with Crippen LogP contribution in [-0.4, -0.2) is 15.7 Å². The van der Waals surface area contributed by atoms with Gasteiger partial charge in [0, 0.05) is 12.3 Å². The number of aromatic nitrogens is 2. The van der Waals surface area contributed by atoms with Crippen LogP contribution in [0.2, 0.25) is 0 Å². The first-order valence-corrected chi connectivity index (χ1v) is 7.86. The normalized spacial score (nSPS) is 16.6. The standard InChI is InChI=1S/C18H22N2O2/c1-12(2)16-7-5-14(10-13(16)3)4-6-15-11-20-9-8-17(21)19-18(20)22-15/h5,7-10,12,15H,4,6,11H2,1-3H3. The number of aryl methyl sites for hydroxylation is 2. The molecule has 0 N–H and O–H groups in total. The molecule has 116 valence electrons. The van der Waals surface area contributed by atoms with Crippen LogP contribution in [0.4, 0.5) is 0 Å². The molecule has 0 spiro atoms. The van der Waals surface area contributed by atoms with E-state index in [2.05, 4.69) is 44.0 Å². The van der Waals surface area contributed by atoms with Crippen LogP contribution in [0, 0.1) is 6.92 Å². The van der Waals surface area contributed by atoms with Crippen LogP contribution in [0.15, 0.2) is 35.3 Å². The number of fused-ring (bicyclic) bond motifs is 1. The quantitative estimate of drug-likeness (QED) is 0.871. The molecule has 4 nitrogen and oxygen atoms in total. The first-order chi connectivity index (χ1) is 10.5. The molecule has 22 heavy (non-hydrogen) atoms. The maximum absolute atomic E-state index is 11.2. The monoisotopic (exact) mass is 298 g/mol. The Morgan fingerprint density at radius 2 is 2.18 bits per heavy atom. The zero-order valence-corrected chi connectivity index (χ0v) is 13.4. The summed E-state index contributed by atoms with van der Waals surface area (Å²) in [5.74, 6) is 0.561. The van der Waals surface area contributed by atoms with Crippen molar-refractivity contribution in [2.45, 2.75) is 52.2 Å². The van der Waals surface area contributed by atoms with Gasteiger partial charge in [-0.15, -0.1) is 0 Å². The van der Waals surface area contributed by atoms with Crippen molar-refractivity contribution < 1.29 is 4.74 Å². The molecule has 0 fully saturated rings. The van der Waals surface area contributed by atoms with Crippen molar-refractivity contribution in [3.05, 3.63) is 57.5 Å². The summed E-state index contributed by atoms with van der Waals surface area (Å²) in [4.78, 5) is 15.1. The number of hydrogen-bond donors (Lipinski definition) is 0. The Morgan fingerprint density at radius 3 is 2.91 bits per heavy atom. The molecule has 2 heterocycles. The third-order valence-corrected chi connectivity index (χ3v) is 4.23. The molecule has 0 bridgehead atoms. The van der Waals surface area contributed by atoms with Gasteiger partial charge in [0.25, 0.3) is 11.6 Å². The SMILES string of the molecule is Cc1cc(CCC2Cn3ccc(=O)nc3O2)ccc1C(C)C. The van der Waals surface area contributed by atoms with Gasteiger partial charge in [-0.05, 0) is 42.4 Å². The van der Waals surface area contributed by atoms with Crippen molar-refractivity contribution in [1.82, 2.24) is 9.55 Å². The van der Waals surface area contributed by atoms with Crippen molar-refractivity contribution in [2.75, 3.05) is 0 Å². The molecule has 1 aliphatic rings. The molecule has 1 aromatic heterocycles. The second-order valence-electron chi connectivity index (χ2n) is 6.32. The highest BCUT2D eigenvalue weighted by atomic mass is 16.5. The van der Waals surface area contributed by atoms with Crippen LogP contribution in [0.1, 0.15) is 42.9 Å². The van der Waals surface area contributed by atoms with E-state index in [1.165, 1.54) is 22.8 Å². The third-order valence-electron chi connectivity index (χ3n) is 4.23. The lowest BCUT2D eigenvalue weighted by Crippen LogP contribution is -2.15. The fourth-order valence-electron chi connectivity index (χ4n) is 3.07. The molecule has 4 heteroatoms. The lowest BCUT2D eigenvalue weighted by Gasteiger charge is -2.13.